The second kappa shape index (κ2) is 9.19. The van der Waals surface area contributed by atoms with Crippen LogP contribution in [0.4, 0.5) is 5.69 Å². The molecule has 0 saturated heterocycles. The van der Waals surface area contributed by atoms with E-state index in [1.165, 1.54) is 0 Å². The molecule has 2 aromatic rings. The number of aromatic nitrogens is 2. The smallest absolute Gasteiger partial charge is 0.231 e. The van der Waals surface area contributed by atoms with Crippen molar-refractivity contribution in [1.82, 2.24) is 10.1 Å². The first-order valence-electron chi connectivity index (χ1n) is 9.17. The molecule has 148 valence electrons. The molecule has 1 aliphatic carbocycles. The van der Waals surface area contributed by atoms with Crippen LogP contribution in [0.15, 0.2) is 28.8 Å². The van der Waals surface area contributed by atoms with Crippen LogP contribution in [0.5, 0.6) is 5.75 Å². The van der Waals surface area contributed by atoms with Gasteiger partial charge in [0.15, 0.2) is 6.61 Å². The van der Waals surface area contributed by atoms with Crippen LogP contribution in [0.1, 0.15) is 57.2 Å². The van der Waals surface area contributed by atoms with Gasteiger partial charge < -0.3 is 20.3 Å². The molecule has 7 nitrogen and oxygen atoms in total. The van der Waals surface area contributed by atoms with E-state index in [-0.39, 0.29) is 24.9 Å². The summed E-state index contributed by atoms with van der Waals surface area (Å²) in [6, 6.07) is 7.23. The molecule has 0 atom stereocenters. The molecule has 1 saturated carbocycles. The van der Waals surface area contributed by atoms with E-state index in [9.17, 15) is 4.79 Å². The van der Waals surface area contributed by atoms with Gasteiger partial charge in [0.1, 0.15) is 5.75 Å². The molecule has 0 unspecified atom stereocenters. The molecular formula is C19H27ClN4O3. The van der Waals surface area contributed by atoms with Crippen molar-refractivity contribution in [2.24, 2.45) is 11.1 Å². The Labute approximate surface area is 165 Å². The SMILES string of the molecule is CCC(CC)(CN)C(=O)Nc1ccc(OCc2noc(C3CC3)n2)cc1.Cl. The average molecular weight is 395 g/mol. The van der Waals surface area contributed by atoms with Crippen molar-refractivity contribution in [3.05, 3.63) is 36.0 Å². The van der Waals surface area contributed by atoms with Gasteiger partial charge in [0.05, 0.1) is 5.41 Å². The highest BCUT2D eigenvalue weighted by Crippen LogP contribution is 2.38. The van der Waals surface area contributed by atoms with Crippen LogP contribution >= 0.6 is 12.4 Å². The highest BCUT2D eigenvalue weighted by Gasteiger charge is 2.33. The number of benzene rings is 1. The first-order valence-corrected chi connectivity index (χ1v) is 9.17. The number of anilines is 1. The molecule has 8 heteroatoms. The fourth-order valence-electron chi connectivity index (χ4n) is 2.82. The van der Waals surface area contributed by atoms with Crippen molar-refractivity contribution in [3.63, 3.8) is 0 Å². The largest absolute Gasteiger partial charge is 0.485 e. The van der Waals surface area contributed by atoms with Gasteiger partial charge in [-0.15, -0.1) is 12.4 Å². The summed E-state index contributed by atoms with van der Waals surface area (Å²) in [6.45, 7) is 4.56. The third-order valence-electron chi connectivity index (χ3n) is 5.12. The van der Waals surface area contributed by atoms with Crippen molar-refractivity contribution in [1.29, 1.82) is 0 Å². The molecule has 0 radical (unpaired) electrons. The number of nitrogens with zero attached hydrogens (tertiary/aromatic N) is 2. The van der Waals surface area contributed by atoms with E-state index in [0.717, 1.165) is 18.5 Å². The maximum absolute atomic E-state index is 12.5. The van der Waals surface area contributed by atoms with Crippen LogP contribution in [-0.2, 0) is 11.4 Å². The number of amides is 1. The summed E-state index contributed by atoms with van der Waals surface area (Å²) >= 11 is 0. The zero-order valence-corrected chi connectivity index (χ0v) is 16.6. The lowest BCUT2D eigenvalue weighted by Gasteiger charge is -2.28. The lowest BCUT2D eigenvalue weighted by atomic mass is 9.81. The third-order valence-corrected chi connectivity index (χ3v) is 5.12. The Morgan fingerprint density at radius 3 is 2.52 bits per heavy atom. The number of nitrogens with one attached hydrogen (secondary N) is 1. The van der Waals surface area contributed by atoms with E-state index >= 15 is 0 Å². The number of carbonyl (C=O) groups is 1. The average Bonchev–Trinajstić information content (AvgIpc) is 3.41. The van der Waals surface area contributed by atoms with Crippen LogP contribution in [0.25, 0.3) is 0 Å². The van der Waals surface area contributed by atoms with Gasteiger partial charge in [0, 0.05) is 18.2 Å². The highest BCUT2D eigenvalue weighted by atomic mass is 35.5. The quantitative estimate of drug-likeness (QED) is 0.672. The number of halogens is 1. The summed E-state index contributed by atoms with van der Waals surface area (Å²) in [7, 11) is 0. The summed E-state index contributed by atoms with van der Waals surface area (Å²) in [5.74, 6) is 2.32. The van der Waals surface area contributed by atoms with Gasteiger partial charge >= 0.3 is 0 Å². The molecule has 1 aromatic carbocycles. The van der Waals surface area contributed by atoms with Gasteiger partial charge in [-0.2, -0.15) is 4.98 Å². The molecule has 3 N–H and O–H groups in total. The van der Waals surface area contributed by atoms with Crippen LogP contribution in [-0.4, -0.2) is 22.6 Å². The van der Waals surface area contributed by atoms with Crippen LogP contribution in [0.2, 0.25) is 0 Å². The predicted octanol–water partition coefficient (Wildman–Crippen LogP) is 3.65. The summed E-state index contributed by atoms with van der Waals surface area (Å²) in [5.41, 5.74) is 6.03. The molecule has 1 heterocycles. The fraction of sp³-hybridized carbons (Fsp3) is 0.526. The molecular weight excluding hydrogens is 368 g/mol. The van der Waals surface area contributed by atoms with Gasteiger partial charge in [-0.3, -0.25) is 4.79 Å². The molecule has 27 heavy (non-hydrogen) atoms. The normalized spacial score (nSPS) is 13.7. The molecule has 1 amide bonds. The van der Waals surface area contributed by atoms with Crippen molar-refractivity contribution in [2.45, 2.75) is 52.1 Å². The Balaban J connectivity index is 0.00000261. The lowest BCUT2D eigenvalue weighted by molar-refractivity contribution is -0.125. The monoisotopic (exact) mass is 394 g/mol. The molecule has 0 bridgehead atoms. The Morgan fingerprint density at radius 1 is 1.30 bits per heavy atom. The predicted molar refractivity (Wildman–Crippen MR) is 105 cm³/mol. The molecule has 1 aliphatic rings. The zero-order valence-electron chi connectivity index (χ0n) is 15.7. The first-order chi connectivity index (χ1) is 12.6. The fourth-order valence-corrected chi connectivity index (χ4v) is 2.82. The Morgan fingerprint density at radius 2 is 1.96 bits per heavy atom. The van der Waals surface area contributed by atoms with E-state index in [0.29, 0.717) is 42.8 Å². The number of rotatable bonds is 9. The number of hydrogen-bond acceptors (Lipinski definition) is 6. The molecule has 0 spiro atoms. The van der Waals surface area contributed by atoms with Gasteiger partial charge in [0.25, 0.3) is 0 Å². The van der Waals surface area contributed by atoms with Crippen LogP contribution in [0.3, 0.4) is 0 Å². The van der Waals surface area contributed by atoms with Crippen molar-refractivity contribution in [2.75, 3.05) is 11.9 Å². The first kappa shape index (κ1) is 21.2. The molecule has 1 aromatic heterocycles. The van der Waals surface area contributed by atoms with Crippen molar-refractivity contribution < 1.29 is 14.1 Å². The molecule has 1 fully saturated rings. The second-order valence-electron chi connectivity index (χ2n) is 6.78. The summed E-state index contributed by atoms with van der Waals surface area (Å²) in [4.78, 5) is 16.9. The zero-order chi connectivity index (χ0) is 18.6. The maximum atomic E-state index is 12.5. The summed E-state index contributed by atoms with van der Waals surface area (Å²) in [5, 5.41) is 6.87. The number of nitrogens with two attached hydrogens (primary N) is 1. The van der Waals surface area contributed by atoms with Gasteiger partial charge in [-0.1, -0.05) is 19.0 Å². The van der Waals surface area contributed by atoms with E-state index in [2.05, 4.69) is 15.5 Å². The second-order valence-corrected chi connectivity index (χ2v) is 6.78. The van der Waals surface area contributed by atoms with Gasteiger partial charge in [-0.05, 0) is 49.9 Å². The lowest BCUT2D eigenvalue weighted by Crippen LogP contribution is -2.41. The van der Waals surface area contributed by atoms with Gasteiger partial charge in [-0.25, -0.2) is 0 Å². The number of hydrogen-bond donors (Lipinski definition) is 2. The molecule has 3 rings (SSSR count). The van der Waals surface area contributed by atoms with E-state index in [4.69, 9.17) is 15.0 Å². The Kier molecular flexibility index (Phi) is 7.21. The van der Waals surface area contributed by atoms with E-state index in [1.807, 2.05) is 26.0 Å². The minimum atomic E-state index is -0.521. The number of carbonyl (C=O) groups excluding carboxylic acids is 1. The summed E-state index contributed by atoms with van der Waals surface area (Å²) < 4.78 is 10.9. The van der Waals surface area contributed by atoms with Gasteiger partial charge in [0.2, 0.25) is 17.6 Å². The standard InChI is InChI=1S/C19H26N4O3.ClH/c1-3-19(4-2,12-20)18(24)21-14-7-9-15(10-8-14)25-11-16-22-17(26-23-16)13-5-6-13;/h7-10,13H,3-6,11-12,20H2,1-2H3,(H,21,24);1H. The number of ether oxygens (including phenoxy) is 1. The minimum absolute atomic E-state index is 0. The summed E-state index contributed by atoms with van der Waals surface area (Å²) in [6.07, 6.45) is 3.66. The van der Waals surface area contributed by atoms with Crippen molar-refractivity contribution >= 4 is 24.0 Å². The topological polar surface area (TPSA) is 103 Å². The third kappa shape index (κ3) is 4.99. The van der Waals surface area contributed by atoms with Crippen LogP contribution in [0, 0.1) is 5.41 Å². The highest BCUT2D eigenvalue weighted by molar-refractivity contribution is 5.95. The van der Waals surface area contributed by atoms with Crippen molar-refractivity contribution in [3.8, 4) is 5.75 Å². The van der Waals surface area contributed by atoms with E-state index in [1.54, 1.807) is 12.1 Å². The Hall–Kier alpha value is -2.12. The minimum Gasteiger partial charge on any atom is -0.485 e. The van der Waals surface area contributed by atoms with Crippen LogP contribution < -0.4 is 15.8 Å². The van der Waals surface area contributed by atoms with E-state index < -0.39 is 5.41 Å². The Bertz CT molecular complexity index is 731. The maximum Gasteiger partial charge on any atom is 0.231 e. The molecule has 0 aliphatic heterocycles.